The number of carboxylic acid groups (broad SMARTS) is 1. The Morgan fingerprint density at radius 1 is 1.25 bits per heavy atom. The third kappa shape index (κ3) is 5.32. The highest BCUT2D eigenvalue weighted by Crippen LogP contribution is 2.33. The number of methoxy groups -OCH3 is 1. The van der Waals surface area contributed by atoms with Crippen molar-refractivity contribution in [1.82, 2.24) is 10.2 Å². The van der Waals surface area contributed by atoms with Gasteiger partial charge in [0, 0.05) is 29.8 Å². The van der Waals surface area contributed by atoms with Gasteiger partial charge in [-0.2, -0.15) is 0 Å². The lowest BCUT2D eigenvalue weighted by atomic mass is 9.85. The van der Waals surface area contributed by atoms with E-state index < -0.39 is 5.97 Å². The lowest BCUT2D eigenvalue weighted by Crippen LogP contribution is -2.55. The molecule has 0 aromatic heterocycles. The van der Waals surface area contributed by atoms with E-state index in [1.54, 1.807) is 18.2 Å². The maximum atomic E-state index is 12.4. The van der Waals surface area contributed by atoms with Gasteiger partial charge in [-0.3, -0.25) is 19.3 Å². The molecule has 3 rings (SSSR count). The molecule has 0 saturated heterocycles. The van der Waals surface area contributed by atoms with Crippen LogP contribution in [0, 0.1) is 5.92 Å². The van der Waals surface area contributed by atoms with Crippen molar-refractivity contribution in [3.8, 4) is 5.75 Å². The van der Waals surface area contributed by atoms with Crippen LogP contribution in [0.25, 0.3) is 0 Å². The minimum absolute atomic E-state index is 0.0552. The number of carboxylic acids is 1. The van der Waals surface area contributed by atoms with Crippen LogP contribution in [0.5, 0.6) is 5.75 Å². The molecular formula is C21H28N2O5. The summed E-state index contributed by atoms with van der Waals surface area (Å²) in [6.07, 6.45) is 4.06. The zero-order valence-corrected chi connectivity index (χ0v) is 16.4. The van der Waals surface area contributed by atoms with Gasteiger partial charge in [-0.05, 0) is 56.7 Å². The number of nitrogens with one attached hydrogen (secondary N) is 1. The number of aliphatic carboxylic acids is 1. The quantitative estimate of drug-likeness (QED) is 0.594. The second-order valence-corrected chi connectivity index (χ2v) is 7.92. The molecular weight excluding hydrogens is 360 g/mol. The third-order valence-corrected chi connectivity index (χ3v) is 5.56. The van der Waals surface area contributed by atoms with Gasteiger partial charge in [0.2, 0.25) is 5.91 Å². The molecule has 0 aliphatic heterocycles. The van der Waals surface area contributed by atoms with Gasteiger partial charge in [0.05, 0.1) is 20.1 Å². The maximum Gasteiger partial charge on any atom is 0.317 e. The van der Waals surface area contributed by atoms with Gasteiger partial charge >= 0.3 is 5.97 Å². The van der Waals surface area contributed by atoms with Crippen LogP contribution >= 0.6 is 0 Å². The minimum Gasteiger partial charge on any atom is -0.496 e. The molecule has 152 valence electrons. The first-order chi connectivity index (χ1) is 13.4. The summed E-state index contributed by atoms with van der Waals surface area (Å²) in [5, 5.41) is 12.1. The molecule has 0 spiro atoms. The average molecular weight is 388 g/mol. The summed E-state index contributed by atoms with van der Waals surface area (Å²) < 4.78 is 5.30. The van der Waals surface area contributed by atoms with Gasteiger partial charge in [-0.25, -0.2) is 0 Å². The Labute approximate surface area is 165 Å². The molecule has 7 heteroatoms. The molecule has 0 atom stereocenters. The number of Topliss-reactive ketones (excluding diaryl/α,β-unsaturated/α-hetero) is 1. The highest BCUT2D eigenvalue weighted by Gasteiger charge is 2.37. The second kappa shape index (κ2) is 8.73. The number of rotatable bonds is 10. The van der Waals surface area contributed by atoms with Gasteiger partial charge in [0.25, 0.3) is 0 Å². The Morgan fingerprint density at radius 3 is 2.54 bits per heavy atom. The summed E-state index contributed by atoms with van der Waals surface area (Å²) in [5.74, 6) is 0.248. The third-order valence-electron chi connectivity index (χ3n) is 5.56. The van der Waals surface area contributed by atoms with Crippen LogP contribution in [0.1, 0.15) is 48.5 Å². The summed E-state index contributed by atoms with van der Waals surface area (Å²) >= 11 is 0. The number of carbonyl (C=O) groups is 3. The largest absolute Gasteiger partial charge is 0.496 e. The summed E-state index contributed by atoms with van der Waals surface area (Å²) in [4.78, 5) is 37.2. The smallest absolute Gasteiger partial charge is 0.317 e. The fourth-order valence-electron chi connectivity index (χ4n) is 3.74. The van der Waals surface area contributed by atoms with Crippen molar-refractivity contribution in [2.75, 3.05) is 20.2 Å². The number of nitrogens with zero attached hydrogens (tertiary/aromatic N) is 1. The second-order valence-electron chi connectivity index (χ2n) is 7.92. The van der Waals surface area contributed by atoms with Gasteiger partial charge in [0.15, 0.2) is 5.78 Å². The lowest BCUT2D eigenvalue weighted by molar-refractivity contribution is -0.140. The fraction of sp³-hybridized carbons (Fsp3) is 0.571. The molecule has 1 aromatic rings. The molecule has 0 radical (unpaired) electrons. The number of hydrogen-bond donors (Lipinski definition) is 2. The van der Waals surface area contributed by atoms with E-state index in [0.717, 1.165) is 19.4 Å². The Morgan fingerprint density at radius 2 is 1.96 bits per heavy atom. The van der Waals surface area contributed by atoms with E-state index in [0.29, 0.717) is 22.8 Å². The molecule has 0 bridgehead atoms. The van der Waals surface area contributed by atoms with Crippen molar-refractivity contribution in [3.05, 3.63) is 29.3 Å². The van der Waals surface area contributed by atoms with E-state index in [1.807, 2.05) is 4.90 Å². The van der Waals surface area contributed by atoms with E-state index in [9.17, 15) is 14.4 Å². The van der Waals surface area contributed by atoms with Crippen LogP contribution in [-0.2, 0) is 16.0 Å². The topological polar surface area (TPSA) is 95.9 Å². The van der Waals surface area contributed by atoms with E-state index in [-0.39, 0.29) is 36.7 Å². The first-order valence-corrected chi connectivity index (χ1v) is 9.78. The van der Waals surface area contributed by atoms with Crippen molar-refractivity contribution >= 4 is 17.7 Å². The van der Waals surface area contributed by atoms with Crippen molar-refractivity contribution < 1.29 is 24.2 Å². The van der Waals surface area contributed by atoms with Gasteiger partial charge < -0.3 is 15.2 Å². The van der Waals surface area contributed by atoms with Crippen molar-refractivity contribution in [3.63, 3.8) is 0 Å². The Bertz CT molecular complexity index is 753. The summed E-state index contributed by atoms with van der Waals surface area (Å²) in [6, 6.07) is 5.39. The molecule has 2 aliphatic rings. The fourth-order valence-corrected chi connectivity index (χ4v) is 3.74. The van der Waals surface area contributed by atoms with Crippen LogP contribution in [0.3, 0.4) is 0 Å². The zero-order chi connectivity index (χ0) is 20.3. The lowest BCUT2D eigenvalue weighted by Gasteiger charge is -2.42. The van der Waals surface area contributed by atoms with Crippen molar-refractivity contribution in [2.45, 2.75) is 51.1 Å². The average Bonchev–Trinajstić information content (AvgIpc) is 3.40. The standard InChI is InChI=1S/C21H28N2O5/c1-13(24)15-5-6-19(28-2)16(7-15)8-20(25)22-17-9-18(10-17)23(12-21(26)27)11-14-3-4-14/h5-7,14,17-18H,3-4,8-12H2,1-2H3,(H,22,25)(H,26,27). The molecule has 0 heterocycles. The number of ketones is 1. The molecule has 2 aliphatic carbocycles. The molecule has 1 amide bonds. The number of ether oxygens (including phenoxy) is 1. The molecule has 1 aromatic carbocycles. The monoisotopic (exact) mass is 388 g/mol. The molecule has 2 fully saturated rings. The summed E-state index contributed by atoms with van der Waals surface area (Å²) in [5.41, 5.74) is 1.24. The van der Waals surface area contributed by atoms with E-state index >= 15 is 0 Å². The highest BCUT2D eigenvalue weighted by molar-refractivity contribution is 5.94. The maximum absolute atomic E-state index is 12.4. The van der Waals surface area contributed by atoms with Crippen LogP contribution in [-0.4, -0.2) is 59.9 Å². The van der Waals surface area contributed by atoms with Crippen LogP contribution < -0.4 is 10.1 Å². The normalized spacial score (nSPS) is 21.1. The Kier molecular flexibility index (Phi) is 6.34. The van der Waals surface area contributed by atoms with E-state index in [4.69, 9.17) is 9.84 Å². The van der Waals surface area contributed by atoms with Gasteiger partial charge in [-0.15, -0.1) is 0 Å². The number of amides is 1. The molecule has 7 nitrogen and oxygen atoms in total. The Hall–Kier alpha value is -2.41. The van der Waals surface area contributed by atoms with E-state index in [2.05, 4.69) is 5.32 Å². The number of carbonyl (C=O) groups excluding carboxylic acids is 2. The zero-order valence-electron chi connectivity index (χ0n) is 16.4. The van der Waals surface area contributed by atoms with Crippen LogP contribution in [0.15, 0.2) is 18.2 Å². The SMILES string of the molecule is COc1ccc(C(C)=O)cc1CC(=O)NC1CC(N(CC(=O)O)CC2CC2)C1. The van der Waals surface area contributed by atoms with Crippen LogP contribution in [0.4, 0.5) is 0 Å². The molecule has 2 N–H and O–H groups in total. The highest BCUT2D eigenvalue weighted by atomic mass is 16.5. The number of hydrogen-bond acceptors (Lipinski definition) is 5. The summed E-state index contributed by atoms with van der Waals surface area (Å²) in [7, 11) is 1.54. The predicted octanol–water partition coefficient (Wildman–Crippen LogP) is 1.88. The number of benzene rings is 1. The Balaban J connectivity index is 1.51. The predicted molar refractivity (Wildman–Crippen MR) is 104 cm³/mol. The first-order valence-electron chi connectivity index (χ1n) is 9.78. The summed E-state index contributed by atoms with van der Waals surface area (Å²) in [6.45, 7) is 2.40. The first kappa shape index (κ1) is 20.3. The molecule has 0 unspecified atom stereocenters. The van der Waals surface area contributed by atoms with Gasteiger partial charge in [0.1, 0.15) is 5.75 Å². The molecule has 2 saturated carbocycles. The van der Waals surface area contributed by atoms with E-state index in [1.165, 1.54) is 26.9 Å². The van der Waals surface area contributed by atoms with Crippen LogP contribution in [0.2, 0.25) is 0 Å². The van der Waals surface area contributed by atoms with Gasteiger partial charge in [-0.1, -0.05) is 0 Å². The molecule has 28 heavy (non-hydrogen) atoms. The van der Waals surface area contributed by atoms with Crippen molar-refractivity contribution in [2.24, 2.45) is 5.92 Å². The minimum atomic E-state index is -0.800. The van der Waals surface area contributed by atoms with Crippen molar-refractivity contribution in [1.29, 1.82) is 0 Å².